The number of H-pyrrole nitrogens is 1. The van der Waals surface area contributed by atoms with Gasteiger partial charge in [-0.1, -0.05) is 23.7 Å². The number of rotatable bonds is 3. The number of nitrogens with zero attached hydrogens (tertiary/aromatic N) is 1. The Hall–Kier alpha value is -3.06. The van der Waals surface area contributed by atoms with Gasteiger partial charge in [-0.05, 0) is 41.5 Å². The summed E-state index contributed by atoms with van der Waals surface area (Å²) >= 11 is 6.09. The minimum absolute atomic E-state index is 0.0381. The minimum Gasteiger partial charge on any atom is -0.545 e. The summed E-state index contributed by atoms with van der Waals surface area (Å²) in [4.78, 5) is 29.6. The second-order valence-electron chi connectivity index (χ2n) is 5.10. The Morgan fingerprint density at radius 1 is 1.16 bits per heavy atom. The molecular formula is C17H8ClF2N2O3-. The molecule has 1 N–H and O–H groups in total. The molecule has 0 amide bonds. The van der Waals surface area contributed by atoms with Crippen LogP contribution in [-0.2, 0) is 0 Å². The molecule has 25 heavy (non-hydrogen) atoms. The van der Waals surface area contributed by atoms with Gasteiger partial charge in [0.1, 0.15) is 0 Å². The SMILES string of the molecule is O=C([O-])c1ccc2c(=O)[nH]c(/C(Cl)=C/c3ccc(F)c(F)c3)nc2c1. The first-order chi connectivity index (χ1) is 11.8. The Morgan fingerprint density at radius 2 is 1.92 bits per heavy atom. The zero-order valence-electron chi connectivity index (χ0n) is 12.3. The average Bonchev–Trinajstić information content (AvgIpc) is 2.57. The summed E-state index contributed by atoms with van der Waals surface area (Å²) in [6.07, 6.45) is 1.29. The van der Waals surface area contributed by atoms with E-state index in [-0.39, 0.29) is 32.9 Å². The summed E-state index contributed by atoms with van der Waals surface area (Å²) in [6.45, 7) is 0. The molecule has 0 saturated carbocycles. The summed E-state index contributed by atoms with van der Waals surface area (Å²) in [5.74, 6) is -3.49. The van der Waals surface area contributed by atoms with Crippen molar-refractivity contribution < 1.29 is 18.7 Å². The highest BCUT2D eigenvalue weighted by molar-refractivity contribution is 6.50. The molecule has 1 aromatic heterocycles. The lowest BCUT2D eigenvalue weighted by Crippen LogP contribution is -2.22. The number of carboxylic acids is 1. The average molecular weight is 362 g/mol. The number of halogens is 3. The van der Waals surface area contributed by atoms with Gasteiger partial charge < -0.3 is 14.9 Å². The smallest absolute Gasteiger partial charge is 0.259 e. The monoisotopic (exact) mass is 361 g/mol. The van der Waals surface area contributed by atoms with Gasteiger partial charge in [-0.25, -0.2) is 13.8 Å². The van der Waals surface area contributed by atoms with Crippen LogP contribution in [-0.4, -0.2) is 15.9 Å². The quantitative estimate of drug-likeness (QED) is 0.775. The molecule has 0 aliphatic carbocycles. The molecule has 0 spiro atoms. The van der Waals surface area contributed by atoms with Crippen molar-refractivity contribution in [1.29, 1.82) is 0 Å². The Balaban J connectivity index is 2.10. The van der Waals surface area contributed by atoms with Gasteiger partial charge in [0.25, 0.3) is 5.56 Å². The Morgan fingerprint density at radius 3 is 2.60 bits per heavy atom. The number of carboxylic acid groups (broad SMARTS) is 1. The van der Waals surface area contributed by atoms with Crippen molar-refractivity contribution in [1.82, 2.24) is 9.97 Å². The van der Waals surface area contributed by atoms with Crippen molar-refractivity contribution in [2.75, 3.05) is 0 Å². The van der Waals surface area contributed by atoms with Crippen LogP contribution in [0, 0.1) is 11.6 Å². The topological polar surface area (TPSA) is 85.9 Å². The molecule has 0 bridgehead atoms. The van der Waals surface area contributed by atoms with E-state index in [2.05, 4.69) is 9.97 Å². The number of aromatic amines is 1. The second kappa shape index (κ2) is 6.45. The van der Waals surface area contributed by atoms with Crippen LogP contribution in [0.1, 0.15) is 21.7 Å². The van der Waals surface area contributed by atoms with Gasteiger partial charge >= 0.3 is 0 Å². The third-order valence-corrected chi connectivity index (χ3v) is 3.69. The molecule has 3 aromatic rings. The van der Waals surface area contributed by atoms with E-state index in [1.807, 2.05) is 0 Å². The highest BCUT2D eigenvalue weighted by atomic mass is 35.5. The molecule has 3 rings (SSSR count). The van der Waals surface area contributed by atoms with Crippen LogP contribution < -0.4 is 10.7 Å². The Labute approximate surface area is 144 Å². The molecular weight excluding hydrogens is 354 g/mol. The van der Waals surface area contributed by atoms with E-state index in [9.17, 15) is 23.5 Å². The summed E-state index contributed by atoms with van der Waals surface area (Å²) < 4.78 is 26.2. The molecule has 0 unspecified atom stereocenters. The number of aromatic carboxylic acids is 1. The molecule has 126 valence electrons. The van der Waals surface area contributed by atoms with E-state index in [1.165, 1.54) is 30.3 Å². The molecule has 2 aromatic carbocycles. The first kappa shape index (κ1) is 16.8. The summed E-state index contributed by atoms with van der Waals surface area (Å²) in [5.41, 5.74) is -0.300. The number of benzene rings is 2. The standard InChI is InChI=1S/C17H9ClF2N2O3/c18-11(5-8-1-4-12(19)13(20)6-8)15-21-14-7-9(17(24)25)2-3-10(14)16(23)22-15/h1-7H,(H,24,25)(H,21,22,23)/p-1/b11-5-. The van der Waals surface area contributed by atoms with Crippen LogP contribution in [0.2, 0.25) is 0 Å². The number of aromatic nitrogens is 2. The Bertz CT molecular complexity index is 1090. The summed E-state index contributed by atoms with van der Waals surface area (Å²) in [7, 11) is 0. The molecule has 0 aliphatic rings. The van der Waals surface area contributed by atoms with Gasteiger partial charge in [0, 0.05) is 0 Å². The number of carbonyl (C=O) groups excluding carboxylic acids is 1. The Kier molecular flexibility index (Phi) is 4.33. The molecule has 0 fully saturated rings. The number of fused-ring (bicyclic) bond motifs is 1. The molecule has 0 radical (unpaired) electrons. The molecule has 0 aliphatic heterocycles. The minimum atomic E-state index is -1.41. The third kappa shape index (κ3) is 3.41. The number of carbonyl (C=O) groups is 1. The molecule has 0 atom stereocenters. The van der Waals surface area contributed by atoms with Crippen molar-refractivity contribution in [2.24, 2.45) is 0 Å². The predicted octanol–water partition coefficient (Wildman–Crippen LogP) is 2.30. The molecule has 5 nitrogen and oxygen atoms in total. The van der Waals surface area contributed by atoms with Gasteiger partial charge in [-0.2, -0.15) is 0 Å². The van der Waals surface area contributed by atoms with E-state index in [4.69, 9.17) is 11.6 Å². The van der Waals surface area contributed by atoms with Crippen LogP contribution in [0.5, 0.6) is 0 Å². The van der Waals surface area contributed by atoms with Crippen LogP contribution in [0.15, 0.2) is 41.2 Å². The van der Waals surface area contributed by atoms with Crippen LogP contribution in [0.3, 0.4) is 0 Å². The first-order valence-corrected chi connectivity index (χ1v) is 7.31. The number of nitrogens with one attached hydrogen (secondary N) is 1. The fourth-order valence-electron chi connectivity index (χ4n) is 2.20. The van der Waals surface area contributed by atoms with E-state index in [0.717, 1.165) is 12.1 Å². The van der Waals surface area contributed by atoms with Gasteiger partial charge in [0.15, 0.2) is 17.5 Å². The predicted molar refractivity (Wildman–Crippen MR) is 86.8 cm³/mol. The van der Waals surface area contributed by atoms with Gasteiger partial charge in [0.2, 0.25) is 0 Å². The largest absolute Gasteiger partial charge is 0.545 e. The molecule has 8 heteroatoms. The third-order valence-electron chi connectivity index (χ3n) is 3.41. The normalized spacial score (nSPS) is 11.7. The molecule has 1 heterocycles. The lowest BCUT2D eigenvalue weighted by molar-refractivity contribution is -0.255. The van der Waals surface area contributed by atoms with E-state index >= 15 is 0 Å². The lowest BCUT2D eigenvalue weighted by atomic mass is 10.1. The maximum atomic E-state index is 13.2. The number of hydrogen-bond donors (Lipinski definition) is 1. The van der Waals surface area contributed by atoms with Crippen molar-refractivity contribution in [2.45, 2.75) is 0 Å². The van der Waals surface area contributed by atoms with E-state index in [1.54, 1.807) is 0 Å². The lowest BCUT2D eigenvalue weighted by Gasteiger charge is -2.06. The van der Waals surface area contributed by atoms with Crippen molar-refractivity contribution in [3.8, 4) is 0 Å². The first-order valence-electron chi connectivity index (χ1n) is 6.93. The maximum Gasteiger partial charge on any atom is 0.259 e. The molecule has 0 saturated heterocycles. The number of hydrogen-bond acceptors (Lipinski definition) is 4. The van der Waals surface area contributed by atoms with E-state index < -0.39 is 23.2 Å². The van der Waals surface area contributed by atoms with Gasteiger partial charge in [-0.3, -0.25) is 4.79 Å². The fourth-order valence-corrected chi connectivity index (χ4v) is 2.41. The van der Waals surface area contributed by atoms with Crippen LogP contribution in [0.4, 0.5) is 8.78 Å². The van der Waals surface area contributed by atoms with Crippen molar-refractivity contribution in [3.05, 3.63) is 75.3 Å². The van der Waals surface area contributed by atoms with E-state index in [0.29, 0.717) is 0 Å². The highest BCUT2D eigenvalue weighted by Crippen LogP contribution is 2.21. The van der Waals surface area contributed by atoms with Crippen LogP contribution >= 0.6 is 11.6 Å². The van der Waals surface area contributed by atoms with Crippen molar-refractivity contribution >= 4 is 39.6 Å². The summed E-state index contributed by atoms with van der Waals surface area (Å²) in [5, 5.41) is 11.1. The zero-order chi connectivity index (χ0) is 18.1. The van der Waals surface area contributed by atoms with Gasteiger partial charge in [0.05, 0.1) is 21.9 Å². The van der Waals surface area contributed by atoms with Crippen LogP contribution in [0.25, 0.3) is 22.0 Å². The summed E-state index contributed by atoms with van der Waals surface area (Å²) in [6, 6.07) is 6.90. The van der Waals surface area contributed by atoms with Gasteiger partial charge in [-0.15, -0.1) is 0 Å². The zero-order valence-corrected chi connectivity index (χ0v) is 13.1. The second-order valence-corrected chi connectivity index (χ2v) is 5.51. The van der Waals surface area contributed by atoms with Crippen molar-refractivity contribution in [3.63, 3.8) is 0 Å². The fraction of sp³-hybridized carbons (Fsp3) is 0. The highest BCUT2D eigenvalue weighted by Gasteiger charge is 2.09. The maximum absolute atomic E-state index is 13.2.